The molecule has 0 fully saturated rings. The molecule has 0 aliphatic carbocycles. The second-order valence-electron chi connectivity index (χ2n) is 4.11. The van der Waals surface area contributed by atoms with Crippen LogP contribution in [0.15, 0.2) is 18.2 Å². The zero-order valence-electron chi connectivity index (χ0n) is 10.4. The Hall–Kier alpha value is -1.29. The van der Waals surface area contributed by atoms with E-state index in [4.69, 9.17) is 5.73 Å². The summed E-state index contributed by atoms with van der Waals surface area (Å²) in [6, 6.07) is 6.25. The summed E-state index contributed by atoms with van der Waals surface area (Å²) in [5.74, 6) is 1.40. The van der Waals surface area contributed by atoms with E-state index in [0.29, 0.717) is 11.9 Å². The Morgan fingerprint density at radius 1 is 1.50 bits per heavy atom. The van der Waals surface area contributed by atoms with E-state index in [1.807, 2.05) is 12.1 Å². The second kappa shape index (κ2) is 6.33. The van der Waals surface area contributed by atoms with Gasteiger partial charge in [0, 0.05) is 19.1 Å². The minimum Gasteiger partial charge on any atom is -0.384 e. The number of nitrogens with zero attached hydrogens (tertiary/aromatic N) is 2. The van der Waals surface area contributed by atoms with Crippen LogP contribution in [0.3, 0.4) is 0 Å². The molecule has 90 valence electrons. The molecule has 1 aromatic heterocycles. The number of hydrogen-bond acceptors (Lipinski definition) is 4. The molecular formula is C12H22N4. The Balaban J connectivity index is 2.30. The van der Waals surface area contributed by atoms with Crippen molar-refractivity contribution in [1.82, 2.24) is 9.88 Å². The van der Waals surface area contributed by atoms with E-state index >= 15 is 0 Å². The van der Waals surface area contributed by atoms with E-state index in [2.05, 4.69) is 36.1 Å². The molecule has 1 rings (SSSR count). The highest BCUT2D eigenvalue weighted by Gasteiger charge is 2.05. The van der Waals surface area contributed by atoms with Crippen molar-refractivity contribution < 1.29 is 0 Å². The van der Waals surface area contributed by atoms with Crippen LogP contribution in [-0.4, -0.2) is 36.1 Å². The number of nitrogen functional groups attached to an aromatic ring is 1. The lowest BCUT2D eigenvalue weighted by Crippen LogP contribution is -2.32. The van der Waals surface area contributed by atoms with Crippen molar-refractivity contribution in [2.24, 2.45) is 0 Å². The van der Waals surface area contributed by atoms with Crippen molar-refractivity contribution in [2.75, 3.05) is 31.2 Å². The first-order valence-corrected chi connectivity index (χ1v) is 5.80. The molecule has 1 aromatic rings. The monoisotopic (exact) mass is 222 g/mol. The van der Waals surface area contributed by atoms with Gasteiger partial charge in [-0.1, -0.05) is 13.0 Å². The predicted molar refractivity (Wildman–Crippen MR) is 69.5 cm³/mol. The molecule has 0 saturated heterocycles. The fourth-order valence-electron chi connectivity index (χ4n) is 1.44. The van der Waals surface area contributed by atoms with Crippen molar-refractivity contribution in [1.29, 1.82) is 0 Å². The third-order valence-electron chi connectivity index (χ3n) is 2.88. The SMILES string of the molecule is CCC(C)N(C)CCNc1cccc(N)n1. The maximum Gasteiger partial charge on any atom is 0.128 e. The van der Waals surface area contributed by atoms with Crippen LogP contribution in [0.25, 0.3) is 0 Å². The van der Waals surface area contributed by atoms with Crippen LogP contribution in [0.1, 0.15) is 20.3 Å². The number of likely N-dealkylation sites (N-methyl/N-ethyl adjacent to an activating group) is 1. The highest BCUT2D eigenvalue weighted by molar-refractivity contribution is 5.42. The van der Waals surface area contributed by atoms with Gasteiger partial charge in [-0.25, -0.2) is 4.98 Å². The molecule has 0 radical (unpaired) electrons. The molecule has 0 aliphatic heterocycles. The van der Waals surface area contributed by atoms with Crippen LogP contribution in [0, 0.1) is 0 Å². The van der Waals surface area contributed by atoms with E-state index < -0.39 is 0 Å². The van der Waals surface area contributed by atoms with Crippen molar-refractivity contribution >= 4 is 11.6 Å². The van der Waals surface area contributed by atoms with E-state index in [-0.39, 0.29) is 0 Å². The number of pyridine rings is 1. The molecule has 4 nitrogen and oxygen atoms in total. The molecule has 0 saturated carbocycles. The Labute approximate surface area is 97.9 Å². The fraction of sp³-hybridized carbons (Fsp3) is 0.583. The quantitative estimate of drug-likeness (QED) is 0.770. The van der Waals surface area contributed by atoms with Crippen LogP contribution in [0.2, 0.25) is 0 Å². The Morgan fingerprint density at radius 3 is 2.88 bits per heavy atom. The van der Waals surface area contributed by atoms with Gasteiger partial charge >= 0.3 is 0 Å². The number of hydrogen-bond donors (Lipinski definition) is 2. The van der Waals surface area contributed by atoms with Crippen LogP contribution in [-0.2, 0) is 0 Å². The minimum absolute atomic E-state index is 0.556. The first-order valence-electron chi connectivity index (χ1n) is 5.80. The zero-order valence-corrected chi connectivity index (χ0v) is 10.4. The summed E-state index contributed by atoms with van der Waals surface area (Å²) in [5.41, 5.74) is 5.60. The van der Waals surface area contributed by atoms with Gasteiger partial charge in [0.15, 0.2) is 0 Å². The molecule has 0 aliphatic rings. The fourth-order valence-corrected chi connectivity index (χ4v) is 1.44. The Kier molecular flexibility index (Phi) is 5.05. The second-order valence-corrected chi connectivity index (χ2v) is 4.11. The Morgan fingerprint density at radius 2 is 2.25 bits per heavy atom. The van der Waals surface area contributed by atoms with E-state index in [1.165, 1.54) is 6.42 Å². The topological polar surface area (TPSA) is 54.2 Å². The number of anilines is 2. The maximum atomic E-state index is 5.60. The number of aromatic nitrogens is 1. The molecule has 0 bridgehead atoms. The molecule has 1 heterocycles. The van der Waals surface area contributed by atoms with Gasteiger partial charge in [-0.05, 0) is 32.5 Å². The summed E-state index contributed by atoms with van der Waals surface area (Å²) in [6.45, 7) is 6.33. The van der Waals surface area contributed by atoms with Gasteiger partial charge in [0.2, 0.25) is 0 Å². The van der Waals surface area contributed by atoms with Gasteiger partial charge in [0.05, 0.1) is 0 Å². The van der Waals surface area contributed by atoms with Gasteiger partial charge in [0.25, 0.3) is 0 Å². The molecule has 1 atom stereocenters. The Bertz CT molecular complexity index is 314. The normalized spacial score (nSPS) is 12.8. The highest BCUT2D eigenvalue weighted by atomic mass is 15.1. The summed E-state index contributed by atoms with van der Waals surface area (Å²) in [5, 5.41) is 3.26. The number of nitrogens with one attached hydrogen (secondary N) is 1. The van der Waals surface area contributed by atoms with E-state index in [9.17, 15) is 0 Å². The predicted octanol–water partition coefficient (Wildman–Crippen LogP) is 1.81. The summed E-state index contributed by atoms with van der Waals surface area (Å²) in [4.78, 5) is 6.52. The smallest absolute Gasteiger partial charge is 0.128 e. The van der Waals surface area contributed by atoms with Crippen LogP contribution >= 0.6 is 0 Å². The van der Waals surface area contributed by atoms with Crippen molar-refractivity contribution in [3.63, 3.8) is 0 Å². The lowest BCUT2D eigenvalue weighted by atomic mass is 10.2. The number of nitrogens with two attached hydrogens (primary N) is 1. The molecule has 4 heteroatoms. The third kappa shape index (κ3) is 4.06. The molecular weight excluding hydrogens is 200 g/mol. The summed E-state index contributed by atoms with van der Waals surface area (Å²) in [6.07, 6.45) is 1.17. The molecule has 0 aromatic carbocycles. The zero-order chi connectivity index (χ0) is 12.0. The average molecular weight is 222 g/mol. The first-order chi connectivity index (χ1) is 7.63. The van der Waals surface area contributed by atoms with Gasteiger partial charge in [-0.3, -0.25) is 0 Å². The van der Waals surface area contributed by atoms with Gasteiger partial charge < -0.3 is 16.0 Å². The van der Waals surface area contributed by atoms with Gasteiger partial charge in [-0.2, -0.15) is 0 Å². The van der Waals surface area contributed by atoms with Gasteiger partial charge in [-0.15, -0.1) is 0 Å². The number of rotatable bonds is 6. The van der Waals surface area contributed by atoms with E-state index in [1.54, 1.807) is 6.07 Å². The first kappa shape index (κ1) is 12.8. The lowest BCUT2D eigenvalue weighted by molar-refractivity contribution is 0.261. The lowest BCUT2D eigenvalue weighted by Gasteiger charge is -2.23. The molecule has 3 N–H and O–H groups in total. The average Bonchev–Trinajstić information content (AvgIpc) is 2.28. The van der Waals surface area contributed by atoms with E-state index in [0.717, 1.165) is 18.9 Å². The standard InChI is InChI=1S/C12H22N4/c1-4-10(2)16(3)9-8-14-12-7-5-6-11(13)15-12/h5-7,10H,4,8-9H2,1-3H3,(H3,13,14,15). The van der Waals surface area contributed by atoms with Gasteiger partial charge in [0.1, 0.15) is 11.6 Å². The minimum atomic E-state index is 0.556. The molecule has 0 amide bonds. The van der Waals surface area contributed by atoms with Crippen LogP contribution in [0.5, 0.6) is 0 Å². The van der Waals surface area contributed by atoms with Crippen LogP contribution in [0.4, 0.5) is 11.6 Å². The molecule has 0 spiro atoms. The van der Waals surface area contributed by atoms with Crippen LogP contribution < -0.4 is 11.1 Å². The highest BCUT2D eigenvalue weighted by Crippen LogP contribution is 2.05. The van der Waals surface area contributed by atoms with Crippen molar-refractivity contribution in [2.45, 2.75) is 26.3 Å². The molecule has 1 unspecified atom stereocenters. The third-order valence-corrected chi connectivity index (χ3v) is 2.88. The summed E-state index contributed by atoms with van der Waals surface area (Å²) in [7, 11) is 2.14. The van der Waals surface area contributed by atoms with Crippen molar-refractivity contribution in [3.05, 3.63) is 18.2 Å². The maximum absolute atomic E-state index is 5.60. The molecule has 16 heavy (non-hydrogen) atoms. The van der Waals surface area contributed by atoms with Crippen molar-refractivity contribution in [3.8, 4) is 0 Å². The summed E-state index contributed by atoms with van der Waals surface area (Å²) < 4.78 is 0. The largest absolute Gasteiger partial charge is 0.384 e. The summed E-state index contributed by atoms with van der Waals surface area (Å²) >= 11 is 0.